The van der Waals surface area contributed by atoms with Gasteiger partial charge in [-0.25, -0.2) is 14.6 Å². The minimum Gasteiger partial charge on any atom is -0.497 e. The van der Waals surface area contributed by atoms with E-state index >= 15 is 0 Å². The molecule has 11 heteroatoms. The second-order valence-electron chi connectivity index (χ2n) is 9.07. The Hall–Kier alpha value is -3.57. The first-order valence-corrected chi connectivity index (χ1v) is 10.8. The lowest BCUT2D eigenvalue weighted by atomic mass is 9.79. The van der Waals surface area contributed by atoms with E-state index in [4.69, 9.17) is 14.0 Å². The van der Waals surface area contributed by atoms with Crippen molar-refractivity contribution in [1.82, 2.24) is 14.9 Å². The minimum atomic E-state index is -1.16. The summed E-state index contributed by atoms with van der Waals surface area (Å²) in [6, 6.07) is 8.51. The summed E-state index contributed by atoms with van der Waals surface area (Å²) in [6.07, 6.45) is 1.70. The largest absolute Gasteiger partial charge is 0.497 e. The van der Waals surface area contributed by atoms with Crippen molar-refractivity contribution in [2.45, 2.75) is 45.4 Å². The predicted octanol–water partition coefficient (Wildman–Crippen LogP) is 3.19. The molecule has 2 aromatic heterocycles. The number of ether oxygens (including phenoxy) is 1. The molecule has 3 N–H and O–H groups in total. The molecule has 4 rings (SSSR count). The molecule has 10 nitrogen and oxygen atoms in total. The van der Waals surface area contributed by atoms with E-state index in [9.17, 15) is 14.7 Å². The van der Waals surface area contributed by atoms with Crippen molar-refractivity contribution in [3.05, 3.63) is 48.3 Å². The van der Waals surface area contributed by atoms with Crippen LogP contribution in [0, 0.1) is 0 Å². The molecule has 1 aliphatic rings. The van der Waals surface area contributed by atoms with Gasteiger partial charge in [0.15, 0.2) is 0 Å². The molecule has 1 fully saturated rings. The maximum Gasteiger partial charge on any atom is 0.497 e. The van der Waals surface area contributed by atoms with Crippen LogP contribution in [0.5, 0.6) is 5.75 Å². The van der Waals surface area contributed by atoms with Gasteiger partial charge < -0.3 is 24.5 Å². The molecule has 1 saturated heterocycles. The Kier molecular flexibility index (Phi) is 6.01. The minimum absolute atomic E-state index is 0.264. The maximum absolute atomic E-state index is 12.4. The van der Waals surface area contributed by atoms with Crippen molar-refractivity contribution in [3.8, 4) is 5.75 Å². The van der Waals surface area contributed by atoms with Gasteiger partial charge in [0.2, 0.25) is 0 Å². The number of pyridine rings is 1. The number of amides is 2. The van der Waals surface area contributed by atoms with E-state index in [-0.39, 0.29) is 5.82 Å². The maximum atomic E-state index is 12.4. The molecule has 0 radical (unpaired) electrons. The van der Waals surface area contributed by atoms with Crippen LogP contribution in [0.2, 0.25) is 0 Å². The van der Waals surface area contributed by atoms with Gasteiger partial charge >= 0.3 is 19.2 Å². The molecule has 0 atom stereocenters. The summed E-state index contributed by atoms with van der Waals surface area (Å²) in [5.41, 5.74) is 0.623. The molecule has 3 aromatic rings. The summed E-state index contributed by atoms with van der Waals surface area (Å²) in [7, 11) is 0.820. The topological polar surface area (TPSA) is 124 Å². The third-order valence-electron chi connectivity index (χ3n) is 6.29. The van der Waals surface area contributed by atoms with Gasteiger partial charge in [0.05, 0.1) is 30.0 Å². The molecule has 178 valence electrons. The molecular weight excluding hydrogens is 439 g/mol. The van der Waals surface area contributed by atoms with Gasteiger partial charge in [-0.1, -0.05) is 12.1 Å². The predicted molar refractivity (Wildman–Crippen MR) is 128 cm³/mol. The van der Waals surface area contributed by atoms with Gasteiger partial charge in [0.25, 0.3) is 0 Å². The van der Waals surface area contributed by atoms with Crippen molar-refractivity contribution in [1.29, 1.82) is 0 Å². The Bertz CT molecular complexity index is 1220. The molecule has 2 amide bonds. The van der Waals surface area contributed by atoms with Crippen LogP contribution in [0.4, 0.5) is 15.4 Å². The van der Waals surface area contributed by atoms with Gasteiger partial charge in [-0.3, -0.25) is 9.88 Å². The summed E-state index contributed by atoms with van der Waals surface area (Å²) in [5.74, 6) is 0.998. The highest BCUT2D eigenvalue weighted by molar-refractivity contribution is 6.65. The van der Waals surface area contributed by atoms with Crippen molar-refractivity contribution >= 4 is 41.4 Å². The van der Waals surface area contributed by atoms with E-state index in [1.807, 2.05) is 52.0 Å². The summed E-state index contributed by atoms with van der Waals surface area (Å²) < 4.78 is 18.4. The lowest BCUT2D eigenvalue weighted by molar-refractivity contribution is 0.00578. The third-order valence-corrected chi connectivity index (χ3v) is 6.29. The molecule has 3 heterocycles. The number of hydrogen-bond donors (Lipinski definition) is 3. The number of nitrogens with zero attached hydrogens (tertiary/aromatic N) is 2. The van der Waals surface area contributed by atoms with Crippen molar-refractivity contribution in [2.75, 3.05) is 12.4 Å². The van der Waals surface area contributed by atoms with Crippen LogP contribution < -0.4 is 20.8 Å². The number of fused-ring (bicyclic) bond motifs is 1. The van der Waals surface area contributed by atoms with Crippen LogP contribution in [-0.2, 0) is 15.9 Å². The molecule has 0 unspecified atom stereocenters. The number of carbonyl (C=O) groups is 2. The van der Waals surface area contributed by atoms with Crippen LogP contribution in [0.1, 0.15) is 33.3 Å². The van der Waals surface area contributed by atoms with Crippen molar-refractivity contribution < 1.29 is 28.7 Å². The molecule has 1 aromatic carbocycles. The van der Waals surface area contributed by atoms with E-state index in [2.05, 4.69) is 15.6 Å². The number of anilines is 1. The number of carbonyl (C=O) groups excluding carboxylic acids is 1. The monoisotopic (exact) mass is 466 g/mol. The molecule has 0 bridgehead atoms. The SMILES string of the molecule is COc1ccc(CNC(=O)Nc2cc3c(B4OC(C)(C)C(C)(C)O4)cn(C(=O)O)c3cn2)cc1. The second-order valence-corrected chi connectivity index (χ2v) is 9.07. The average Bonchev–Trinajstić information content (AvgIpc) is 3.26. The van der Waals surface area contributed by atoms with Crippen molar-refractivity contribution in [2.24, 2.45) is 0 Å². The summed E-state index contributed by atoms with van der Waals surface area (Å²) in [5, 5.41) is 15.7. The lowest BCUT2D eigenvalue weighted by Gasteiger charge is -2.32. The Morgan fingerprint density at radius 1 is 1.15 bits per heavy atom. The third kappa shape index (κ3) is 4.44. The normalized spacial score (nSPS) is 16.4. The van der Waals surface area contributed by atoms with Gasteiger partial charge in [-0.2, -0.15) is 0 Å². The fraction of sp³-hybridized carbons (Fsp3) is 0.348. The number of rotatable bonds is 5. The quantitative estimate of drug-likeness (QED) is 0.494. The van der Waals surface area contributed by atoms with Crippen LogP contribution in [-0.4, -0.2) is 52.2 Å². The fourth-order valence-electron chi connectivity index (χ4n) is 3.62. The highest BCUT2D eigenvalue weighted by Gasteiger charge is 2.52. The molecule has 0 spiro atoms. The molecule has 1 aliphatic heterocycles. The highest BCUT2D eigenvalue weighted by Crippen LogP contribution is 2.37. The van der Waals surface area contributed by atoms with E-state index < -0.39 is 30.4 Å². The first kappa shape index (κ1) is 23.6. The zero-order valence-corrected chi connectivity index (χ0v) is 19.7. The first-order chi connectivity index (χ1) is 16.0. The molecule has 0 aliphatic carbocycles. The Morgan fingerprint density at radius 3 is 2.38 bits per heavy atom. The molecule has 34 heavy (non-hydrogen) atoms. The summed E-state index contributed by atoms with van der Waals surface area (Å²) >= 11 is 0. The van der Waals surface area contributed by atoms with Crippen LogP contribution in [0.25, 0.3) is 10.9 Å². The zero-order valence-electron chi connectivity index (χ0n) is 19.7. The average molecular weight is 466 g/mol. The standard InChI is InChI=1S/C23H27BN4O6/c1-22(2)23(3,4)34-24(33-22)17-13-28(21(30)31)18-12-25-19(10-16(17)18)27-20(29)26-11-14-6-8-15(32-5)9-7-14/h6-10,12-13H,11H2,1-5H3,(H,30,31)(H2,25,26,27,29). The highest BCUT2D eigenvalue weighted by atomic mass is 16.7. The number of aromatic nitrogens is 2. The van der Waals surface area contributed by atoms with Gasteiger partial charge in [0.1, 0.15) is 11.6 Å². The summed E-state index contributed by atoms with van der Waals surface area (Å²) in [6.45, 7) is 8.00. The molecular formula is C23H27BN4O6. The number of urea groups is 1. The van der Waals surface area contributed by atoms with Crippen molar-refractivity contribution in [3.63, 3.8) is 0 Å². The fourth-order valence-corrected chi connectivity index (χ4v) is 3.62. The van der Waals surface area contributed by atoms with Crippen LogP contribution in [0.15, 0.2) is 42.7 Å². The number of benzene rings is 1. The van der Waals surface area contributed by atoms with Crippen LogP contribution >= 0.6 is 0 Å². The zero-order chi connectivity index (χ0) is 24.7. The van der Waals surface area contributed by atoms with E-state index in [0.717, 1.165) is 15.9 Å². The Balaban J connectivity index is 1.55. The van der Waals surface area contributed by atoms with Gasteiger partial charge in [0, 0.05) is 23.6 Å². The number of methoxy groups -OCH3 is 1. The Morgan fingerprint density at radius 2 is 1.79 bits per heavy atom. The van der Waals surface area contributed by atoms with E-state index in [1.165, 1.54) is 12.4 Å². The number of nitrogens with one attached hydrogen (secondary N) is 2. The summed E-state index contributed by atoms with van der Waals surface area (Å²) in [4.78, 5) is 28.4. The van der Waals surface area contributed by atoms with E-state index in [0.29, 0.717) is 22.9 Å². The van der Waals surface area contributed by atoms with Gasteiger partial charge in [-0.15, -0.1) is 0 Å². The number of hydrogen-bond acceptors (Lipinski definition) is 6. The first-order valence-electron chi connectivity index (χ1n) is 10.8. The number of carboxylic acid groups (broad SMARTS) is 1. The van der Waals surface area contributed by atoms with Gasteiger partial charge in [-0.05, 0) is 51.5 Å². The molecule has 0 saturated carbocycles. The Labute approximate surface area is 197 Å². The smallest absolute Gasteiger partial charge is 0.497 e. The second kappa shape index (κ2) is 8.66. The van der Waals surface area contributed by atoms with E-state index in [1.54, 1.807) is 13.2 Å². The lowest BCUT2D eigenvalue weighted by Crippen LogP contribution is -2.41. The van der Waals surface area contributed by atoms with Crippen LogP contribution in [0.3, 0.4) is 0 Å².